The van der Waals surface area contributed by atoms with Gasteiger partial charge in [-0.2, -0.15) is 0 Å². The summed E-state index contributed by atoms with van der Waals surface area (Å²) in [5.74, 6) is -1.43. The molecule has 0 saturated carbocycles. The number of ether oxygens (including phenoxy) is 1. The highest BCUT2D eigenvalue weighted by Gasteiger charge is 2.22. The first-order valence-electron chi connectivity index (χ1n) is 5.46. The fraction of sp³-hybridized carbons (Fsp3) is 0.143. The summed E-state index contributed by atoms with van der Waals surface area (Å²) in [4.78, 5) is 0. The number of halogens is 4. The van der Waals surface area contributed by atoms with Gasteiger partial charge in [-0.25, -0.2) is 8.78 Å². The molecule has 100 valence electrons. The Bertz CT molecular complexity index is 579. The van der Waals surface area contributed by atoms with Crippen molar-refractivity contribution in [1.29, 1.82) is 0 Å². The number of hydrogen-bond donors (Lipinski definition) is 0. The van der Waals surface area contributed by atoms with Gasteiger partial charge in [-0.3, -0.25) is 0 Å². The summed E-state index contributed by atoms with van der Waals surface area (Å²) in [5, 5.41) is -0.642. The number of alkyl halides is 1. The van der Waals surface area contributed by atoms with E-state index in [1.807, 2.05) is 0 Å². The summed E-state index contributed by atoms with van der Waals surface area (Å²) < 4.78 is 32.6. The van der Waals surface area contributed by atoms with Crippen molar-refractivity contribution in [3.8, 4) is 5.75 Å². The first kappa shape index (κ1) is 14.1. The molecule has 19 heavy (non-hydrogen) atoms. The van der Waals surface area contributed by atoms with Crippen molar-refractivity contribution in [3.05, 3.63) is 64.2 Å². The number of benzene rings is 2. The van der Waals surface area contributed by atoms with Gasteiger partial charge in [0, 0.05) is 22.7 Å². The van der Waals surface area contributed by atoms with Crippen LogP contribution in [0.2, 0.25) is 5.02 Å². The lowest BCUT2D eigenvalue weighted by atomic mass is 10.0. The highest BCUT2D eigenvalue weighted by Crippen LogP contribution is 2.37. The summed E-state index contributed by atoms with van der Waals surface area (Å²) >= 11 is 12.1. The Morgan fingerprint density at radius 3 is 2.21 bits per heavy atom. The van der Waals surface area contributed by atoms with Crippen LogP contribution in [0.1, 0.15) is 16.5 Å². The first-order valence-corrected chi connectivity index (χ1v) is 6.27. The highest BCUT2D eigenvalue weighted by atomic mass is 35.5. The molecule has 5 heteroatoms. The second kappa shape index (κ2) is 5.76. The van der Waals surface area contributed by atoms with Gasteiger partial charge in [0.15, 0.2) is 0 Å². The Labute approximate surface area is 119 Å². The fourth-order valence-corrected chi connectivity index (χ4v) is 2.46. The zero-order valence-electron chi connectivity index (χ0n) is 9.96. The number of hydrogen-bond acceptors (Lipinski definition) is 1. The van der Waals surface area contributed by atoms with Gasteiger partial charge in [-0.1, -0.05) is 29.8 Å². The van der Waals surface area contributed by atoms with E-state index in [0.29, 0.717) is 10.6 Å². The average Bonchev–Trinajstić information content (AvgIpc) is 2.38. The van der Waals surface area contributed by atoms with Crippen LogP contribution in [0.5, 0.6) is 5.75 Å². The predicted octanol–water partition coefficient (Wildman–Crippen LogP) is 4.96. The Balaban J connectivity index is 2.50. The normalized spacial score (nSPS) is 12.3. The monoisotopic (exact) mass is 302 g/mol. The van der Waals surface area contributed by atoms with Crippen molar-refractivity contribution < 1.29 is 13.5 Å². The van der Waals surface area contributed by atoms with Crippen molar-refractivity contribution in [1.82, 2.24) is 0 Å². The Morgan fingerprint density at radius 1 is 1.11 bits per heavy atom. The van der Waals surface area contributed by atoms with E-state index in [1.54, 1.807) is 24.3 Å². The third-order valence-corrected chi connectivity index (χ3v) is 3.52. The van der Waals surface area contributed by atoms with Gasteiger partial charge < -0.3 is 4.74 Å². The molecule has 1 atom stereocenters. The van der Waals surface area contributed by atoms with Crippen molar-refractivity contribution in [2.45, 2.75) is 5.38 Å². The van der Waals surface area contributed by atoms with Crippen LogP contribution in [0.4, 0.5) is 8.78 Å². The predicted molar refractivity (Wildman–Crippen MR) is 72.1 cm³/mol. The van der Waals surface area contributed by atoms with E-state index < -0.39 is 17.0 Å². The zero-order valence-corrected chi connectivity index (χ0v) is 11.5. The van der Waals surface area contributed by atoms with Crippen LogP contribution in [-0.4, -0.2) is 7.11 Å². The Morgan fingerprint density at radius 2 is 1.68 bits per heavy atom. The third-order valence-electron chi connectivity index (χ3n) is 2.72. The molecule has 0 amide bonds. The number of methoxy groups -OCH3 is 1. The molecule has 0 fully saturated rings. The third kappa shape index (κ3) is 2.82. The summed E-state index contributed by atoms with van der Waals surface area (Å²) in [5.41, 5.74) is 0.212. The van der Waals surface area contributed by atoms with E-state index >= 15 is 0 Å². The molecule has 0 aliphatic carbocycles. The molecule has 0 saturated heterocycles. The molecule has 1 nitrogen and oxygen atoms in total. The summed E-state index contributed by atoms with van der Waals surface area (Å²) in [6, 6.07) is 8.84. The lowest BCUT2D eigenvalue weighted by Crippen LogP contribution is -2.02. The van der Waals surface area contributed by atoms with E-state index in [4.69, 9.17) is 27.9 Å². The van der Waals surface area contributed by atoms with Crippen molar-refractivity contribution in [2.24, 2.45) is 0 Å². The van der Waals surface area contributed by atoms with Crippen LogP contribution < -0.4 is 4.74 Å². The zero-order chi connectivity index (χ0) is 14.0. The molecule has 0 aliphatic rings. The van der Waals surface area contributed by atoms with E-state index in [1.165, 1.54) is 7.11 Å². The maximum absolute atomic E-state index is 13.9. The lowest BCUT2D eigenvalue weighted by molar-refractivity contribution is 0.405. The largest absolute Gasteiger partial charge is 0.497 e. The van der Waals surface area contributed by atoms with E-state index in [9.17, 15) is 8.78 Å². The molecule has 0 aromatic heterocycles. The van der Waals surface area contributed by atoms with Gasteiger partial charge in [0.2, 0.25) is 0 Å². The Kier molecular flexibility index (Phi) is 4.27. The molecule has 0 bridgehead atoms. The van der Waals surface area contributed by atoms with Gasteiger partial charge in [0.25, 0.3) is 0 Å². The molecule has 1 unspecified atom stereocenters. The molecule has 0 aliphatic heterocycles. The SMILES string of the molecule is COc1cc(F)c(C(Cl)c2ccccc2Cl)c(F)c1. The summed E-state index contributed by atoms with van der Waals surface area (Å²) in [7, 11) is 1.33. The molecule has 0 radical (unpaired) electrons. The average molecular weight is 303 g/mol. The van der Waals surface area contributed by atoms with Crippen LogP contribution in [0.15, 0.2) is 36.4 Å². The maximum atomic E-state index is 13.9. The van der Waals surface area contributed by atoms with Crippen LogP contribution in [0.3, 0.4) is 0 Å². The van der Waals surface area contributed by atoms with Crippen molar-refractivity contribution in [2.75, 3.05) is 7.11 Å². The minimum Gasteiger partial charge on any atom is -0.497 e. The van der Waals surface area contributed by atoms with Crippen LogP contribution in [0, 0.1) is 11.6 Å². The molecule has 0 spiro atoms. The van der Waals surface area contributed by atoms with Gasteiger partial charge in [-0.15, -0.1) is 11.6 Å². The minimum absolute atomic E-state index is 0.0989. The topological polar surface area (TPSA) is 9.23 Å². The second-order valence-corrected chi connectivity index (χ2v) is 4.73. The van der Waals surface area contributed by atoms with E-state index in [0.717, 1.165) is 12.1 Å². The lowest BCUT2D eigenvalue weighted by Gasteiger charge is -2.14. The molecular formula is C14H10Cl2F2O. The summed E-state index contributed by atoms with van der Waals surface area (Å²) in [6.45, 7) is 0. The molecule has 2 rings (SSSR count). The van der Waals surface area contributed by atoms with E-state index in [-0.39, 0.29) is 11.3 Å². The Hall–Kier alpha value is -1.32. The molecule has 0 heterocycles. The summed E-state index contributed by atoms with van der Waals surface area (Å²) in [6.07, 6.45) is 0. The number of rotatable bonds is 3. The fourth-order valence-electron chi connectivity index (χ4n) is 1.76. The van der Waals surface area contributed by atoms with E-state index in [2.05, 4.69) is 0 Å². The van der Waals surface area contributed by atoms with Crippen LogP contribution in [0.25, 0.3) is 0 Å². The van der Waals surface area contributed by atoms with Gasteiger partial charge >= 0.3 is 0 Å². The van der Waals surface area contributed by atoms with Gasteiger partial charge in [-0.05, 0) is 11.6 Å². The standard InChI is InChI=1S/C14H10Cl2F2O/c1-19-8-6-11(17)13(12(18)7-8)14(16)9-4-2-3-5-10(9)15/h2-7,14H,1H3. The molecule has 2 aromatic carbocycles. The van der Waals surface area contributed by atoms with Crippen molar-refractivity contribution >= 4 is 23.2 Å². The smallest absolute Gasteiger partial charge is 0.134 e. The quantitative estimate of drug-likeness (QED) is 0.729. The van der Waals surface area contributed by atoms with Gasteiger partial charge in [0.1, 0.15) is 17.4 Å². The van der Waals surface area contributed by atoms with Gasteiger partial charge in [0.05, 0.1) is 12.5 Å². The molecule has 0 N–H and O–H groups in total. The molecular weight excluding hydrogens is 293 g/mol. The van der Waals surface area contributed by atoms with Crippen LogP contribution >= 0.6 is 23.2 Å². The van der Waals surface area contributed by atoms with Crippen LogP contribution in [-0.2, 0) is 0 Å². The first-order chi connectivity index (χ1) is 9.04. The minimum atomic E-state index is -1.00. The molecule has 2 aromatic rings. The van der Waals surface area contributed by atoms with Crippen molar-refractivity contribution in [3.63, 3.8) is 0 Å². The second-order valence-electron chi connectivity index (χ2n) is 3.89. The highest BCUT2D eigenvalue weighted by molar-refractivity contribution is 6.33. The maximum Gasteiger partial charge on any atom is 0.134 e.